The Kier molecular flexibility index (Phi) is 4.54. The number of benzene rings is 1. The molecule has 1 aromatic rings. The molecule has 1 saturated heterocycles. The first kappa shape index (κ1) is 14.8. The normalized spacial score (nSPS) is 24.4. The minimum absolute atomic E-state index is 0.571. The van der Waals surface area contributed by atoms with Crippen molar-refractivity contribution in [1.29, 1.82) is 0 Å². The molecule has 0 radical (unpaired) electrons. The number of likely N-dealkylation sites (tertiary alicyclic amines) is 1. The van der Waals surface area contributed by atoms with Crippen LogP contribution in [-0.4, -0.2) is 28.1 Å². The average Bonchev–Trinajstić information content (AvgIpc) is 2.36. The summed E-state index contributed by atoms with van der Waals surface area (Å²) in [7, 11) is 0. The van der Waals surface area contributed by atoms with Gasteiger partial charge in [0.15, 0.2) is 0 Å². The van der Waals surface area contributed by atoms with Crippen LogP contribution in [0.3, 0.4) is 0 Å². The number of carboxylic acids is 1. The van der Waals surface area contributed by atoms with Crippen molar-refractivity contribution in [3.05, 3.63) is 33.3 Å². The van der Waals surface area contributed by atoms with E-state index in [1.807, 2.05) is 23.1 Å². The minimum atomic E-state index is -0.788. The van der Waals surface area contributed by atoms with E-state index in [4.69, 9.17) is 11.6 Å². The second-order valence-corrected chi connectivity index (χ2v) is 6.52. The number of carbonyl (C=O) groups is 1. The topological polar surface area (TPSA) is 40.5 Å². The van der Waals surface area contributed by atoms with E-state index in [9.17, 15) is 9.90 Å². The molecule has 0 spiro atoms. The maximum absolute atomic E-state index is 11.5. The maximum atomic E-state index is 11.5. The predicted molar refractivity (Wildman–Crippen MR) is 79.5 cm³/mol. The summed E-state index contributed by atoms with van der Waals surface area (Å²) in [6.07, 6.45) is 2.69. The highest BCUT2D eigenvalue weighted by Crippen LogP contribution is 2.31. The highest BCUT2D eigenvalue weighted by Gasteiger charge is 2.41. The van der Waals surface area contributed by atoms with E-state index in [-0.39, 0.29) is 0 Å². The highest BCUT2D eigenvalue weighted by atomic mass is 79.9. The molecule has 1 aromatic carbocycles. The molecule has 0 bridgehead atoms. The monoisotopic (exact) mass is 345 g/mol. The number of nitrogens with zero attached hydrogens (tertiary/aromatic N) is 1. The fourth-order valence-corrected chi connectivity index (χ4v) is 3.13. The number of hydrogen-bond donors (Lipinski definition) is 1. The molecule has 5 heteroatoms. The first-order valence-electron chi connectivity index (χ1n) is 6.36. The third-order valence-electron chi connectivity index (χ3n) is 3.87. The second-order valence-electron chi connectivity index (χ2n) is 5.19. The quantitative estimate of drug-likeness (QED) is 0.901. The number of rotatable bonds is 3. The number of hydrogen-bond acceptors (Lipinski definition) is 2. The van der Waals surface area contributed by atoms with Crippen LogP contribution in [-0.2, 0) is 11.3 Å². The molecular formula is C14H17BrClNO2. The Hall–Kier alpha value is -0.580. The van der Waals surface area contributed by atoms with E-state index in [1.165, 1.54) is 0 Å². The Morgan fingerprint density at radius 2 is 2.26 bits per heavy atom. The maximum Gasteiger partial charge on any atom is 0.323 e. The molecule has 1 aliphatic rings. The summed E-state index contributed by atoms with van der Waals surface area (Å²) in [5, 5.41) is 10.2. The summed E-state index contributed by atoms with van der Waals surface area (Å²) >= 11 is 9.62. The van der Waals surface area contributed by atoms with Gasteiger partial charge < -0.3 is 5.11 Å². The van der Waals surface area contributed by atoms with Gasteiger partial charge >= 0.3 is 5.97 Å². The molecule has 0 aliphatic carbocycles. The van der Waals surface area contributed by atoms with Crippen LogP contribution in [0, 0.1) is 0 Å². The summed E-state index contributed by atoms with van der Waals surface area (Å²) in [5.74, 6) is -0.752. The third-order valence-corrected chi connectivity index (χ3v) is 4.73. The van der Waals surface area contributed by atoms with Crippen molar-refractivity contribution < 1.29 is 9.90 Å². The molecule has 2 rings (SSSR count). The van der Waals surface area contributed by atoms with Crippen molar-refractivity contribution in [2.45, 2.75) is 38.3 Å². The fourth-order valence-electron chi connectivity index (χ4n) is 2.54. The molecule has 0 saturated carbocycles. The summed E-state index contributed by atoms with van der Waals surface area (Å²) in [6, 6.07) is 5.68. The van der Waals surface area contributed by atoms with Gasteiger partial charge in [0.1, 0.15) is 5.54 Å². The van der Waals surface area contributed by atoms with Crippen molar-refractivity contribution in [2.24, 2.45) is 0 Å². The molecule has 3 nitrogen and oxygen atoms in total. The lowest BCUT2D eigenvalue weighted by atomic mass is 9.88. The van der Waals surface area contributed by atoms with Gasteiger partial charge in [-0.1, -0.05) is 27.5 Å². The van der Waals surface area contributed by atoms with E-state index in [1.54, 1.807) is 6.92 Å². The molecule has 1 atom stereocenters. The van der Waals surface area contributed by atoms with Gasteiger partial charge in [-0.25, -0.2) is 0 Å². The van der Waals surface area contributed by atoms with E-state index >= 15 is 0 Å². The molecule has 1 N–H and O–H groups in total. The number of halogens is 2. The van der Waals surface area contributed by atoms with E-state index in [2.05, 4.69) is 15.9 Å². The molecule has 1 unspecified atom stereocenters. The molecule has 1 fully saturated rings. The smallest absolute Gasteiger partial charge is 0.323 e. The van der Waals surface area contributed by atoms with Crippen molar-refractivity contribution >= 4 is 33.5 Å². The van der Waals surface area contributed by atoms with Crippen LogP contribution in [0.25, 0.3) is 0 Å². The largest absolute Gasteiger partial charge is 0.480 e. The number of piperidine rings is 1. The predicted octanol–water partition coefficient (Wildman–Crippen LogP) is 3.93. The average molecular weight is 347 g/mol. The lowest BCUT2D eigenvalue weighted by Crippen LogP contribution is -2.54. The number of carboxylic acid groups (broad SMARTS) is 1. The fraction of sp³-hybridized carbons (Fsp3) is 0.500. The van der Waals surface area contributed by atoms with E-state index in [0.717, 1.165) is 29.4 Å². The summed E-state index contributed by atoms with van der Waals surface area (Å²) in [5.41, 5.74) is 0.176. The van der Waals surface area contributed by atoms with Crippen molar-refractivity contribution in [1.82, 2.24) is 4.90 Å². The zero-order valence-electron chi connectivity index (χ0n) is 10.8. The van der Waals surface area contributed by atoms with E-state index in [0.29, 0.717) is 18.0 Å². The van der Waals surface area contributed by atoms with Gasteiger partial charge in [0.2, 0.25) is 0 Å². The molecule has 0 aromatic heterocycles. The molecule has 1 heterocycles. The SMILES string of the molecule is CC1(C(=O)O)CCCCN1Cc1cc(Br)ccc1Cl. The Bertz CT molecular complexity index is 494. The van der Waals surface area contributed by atoms with Crippen LogP contribution in [0.1, 0.15) is 31.7 Å². The Morgan fingerprint density at radius 3 is 2.95 bits per heavy atom. The van der Waals surface area contributed by atoms with Gasteiger partial charge in [-0.15, -0.1) is 0 Å². The van der Waals surface area contributed by atoms with Gasteiger partial charge in [0, 0.05) is 16.0 Å². The summed E-state index contributed by atoms with van der Waals surface area (Å²) in [6.45, 7) is 3.17. The second kappa shape index (κ2) is 5.81. The zero-order chi connectivity index (χ0) is 14.0. The van der Waals surface area contributed by atoms with Crippen LogP contribution in [0.15, 0.2) is 22.7 Å². The minimum Gasteiger partial charge on any atom is -0.480 e. The van der Waals surface area contributed by atoms with Crippen molar-refractivity contribution in [3.8, 4) is 0 Å². The number of aliphatic carboxylic acids is 1. The van der Waals surface area contributed by atoms with Crippen LogP contribution >= 0.6 is 27.5 Å². The van der Waals surface area contributed by atoms with E-state index < -0.39 is 11.5 Å². The van der Waals surface area contributed by atoms with Gasteiger partial charge in [0.05, 0.1) is 0 Å². The first-order chi connectivity index (χ1) is 8.93. The Balaban J connectivity index is 2.25. The van der Waals surface area contributed by atoms with Gasteiger partial charge in [-0.2, -0.15) is 0 Å². The molecule has 0 amide bonds. The summed E-state index contributed by atoms with van der Waals surface area (Å²) in [4.78, 5) is 13.6. The third kappa shape index (κ3) is 3.12. The lowest BCUT2D eigenvalue weighted by Gasteiger charge is -2.41. The first-order valence-corrected chi connectivity index (χ1v) is 7.53. The standard InChI is InChI=1S/C14H17BrClNO2/c1-14(13(18)19)6-2-3-7-17(14)9-10-8-11(15)4-5-12(10)16/h4-5,8H,2-3,6-7,9H2,1H3,(H,18,19). The lowest BCUT2D eigenvalue weighted by molar-refractivity contribution is -0.153. The van der Waals surface area contributed by atoms with Crippen LogP contribution in [0.2, 0.25) is 5.02 Å². The highest BCUT2D eigenvalue weighted by molar-refractivity contribution is 9.10. The van der Waals surface area contributed by atoms with Crippen LogP contribution in [0.4, 0.5) is 0 Å². The van der Waals surface area contributed by atoms with Crippen molar-refractivity contribution in [2.75, 3.05) is 6.54 Å². The Labute approximate surface area is 126 Å². The summed E-state index contributed by atoms with van der Waals surface area (Å²) < 4.78 is 0.959. The molecule has 1 aliphatic heterocycles. The van der Waals surface area contributed by atoms with Gasteiger partial charge in [-0.05, 0) is 56.5 Å². The van der Waals surface area contributed by atoms with Crippen molar-refractivity contribution in [3.63, 3.8) is 0 Å². The van der Waals surface area contributed by atoms with Crippen LogP contribution < -0.4 is 0 Å². The van der Waals surface area contributed by atoms with Crippen LogP contribution in [0.5, 0.6) is 0 Å². The van der Waals surface area contributed by atoms with Gasteiger partial charge in [-0.3, -0.25) is 9.69 Å². The zero-order valence-corrected chi connectivity index (χ0v) is 13.2. The molecular weight excluding hydrogens is 330 g/mol. The Morgan fingerprint density at radius 1 is 1.53 bits per heavy atom. The molecule has 19 heavy (non-hydrogen) atoms. The van der Waals surface area contributed by atoms with Gasteiger partial charge in [0.25, 0.3) is 0 Å². The molecule has 104 valence electrons.